The van der Waals surface area contributed by atoms with Crippen molar-refractivity contribution in [1.29, 1.82) is 0 Å². The highest BCUT2D eigenvalue weighted by Crippen LogP contribution is 2.20. The number of sulfonamides is 1. The highest BCUT2D eigenvalue weighted by molar-refractivity contribution is 9.10. The van der Waals surface area contributed by atoms with E-state index in [9.17, 15) is 18.0 Å². The van der Waals surface area contributed by atoms with Crippen molar-refractivity contribution >= 4 is 43.5 Å². The number of nitrogens with one attached hydrogen (secondary N) is 3. The lowest BCUT2D eigenvalue weighted by atomic mass is 10.3. The predicted molar refractivity (Wildman–Crippen MR) is 109 cm³/mol. The third kappa shape index (κ3) is 6.04. The van der Waals surface area contributed by atoms with Crippen molar-refractivity contribution in [2.24, 2.45) is 0 Å². The fraction of sp³-hybridized carbons (Fsp3) is 0.222. The molecule has 0 spiro atoms. The molecule has 3 N–H and O–H groups in total. The molecular formula is C18H20BrN3O5S. The number of benzene rings is 2. The average molecular weight is 470 g/mol. The van der Waals surface area contributed by atoms with E-state index < -0.39 is 27.9 Å². The van der Waals surface area contributed by atoms with E-state index in [1.54, 1.807) is 24.3 Å². The zero-order valence-corrected chi connectivity index (χ0v) is 17.6. The van der Waals surface area contributed by atoms with Crippen molar-refractivity contribution in [3.8, 4) is 5.75 Å². The van der Waals surface area contributed by atoms with Gasteiger partial charge in [0, 0.05) is 4.47 Å². The zero-order chi connectivity index (χ0) is 20.7. The largest absolute Gasteiger partial charge is 0.497 e. The van der Waals surface area contributed by atoms with Crippen molar-refractivity contribution in [1.82, 2.24) is 10.0 Å². The molecule has 0 unspecified atom stereocenters. The minimum absolute atomic E-state index is 0.000351. The number of methoxy groups -OCH3 is 1. The second kappa shape index (κ2) is 9.67. The molecule has 8 nitrogen and oxygen atoms in total. The molecule has 1 atom stereocenters. The summed E-state index contributed by atoms with van der Waals surface area (Å²) in [5.41, 5.74) is 0.565. The molecule has 0 bridgehead atoms. The molecule has 28 heavy (non-hydrogen) atoms. The Morgan fingerprint density at radius 1 is 1.11 bits per heavy atom. The molecule has 2 aromatic rings. The summed E-state index contributed by atoms with van der Waals surface area (Å²) >= 11 is 3.31. The summed E-state index contributed by atoms with van der Waals surface area (Å²) < 4.78 is 32.7. The molecule has 2 aromatic carbocycles. The topological polar surface area (TPSA) is 114 Å². The van der Waals surface area contributed by atoms with Crippen LogP contribution in [0.5, 0.6) is 5.75 Å². The molecule has 10 heteroatoms. The summed E-state index contributed by atoms with van der Waals surface area (Å²) in [5, 5.41) is 5.04. The molecule has 150 valence electrons. The maximum absolute atomic E-state index is 12.3. The van der Waals surface area contributed by atoms with Crippen LogP contribution in [0.25, 0.3) is 0 Å². The summed E-state index contributed by atoms with van der Waals surface area (Å²) in [6, 6.07) is 11.7. The van der Waals surface area contributed by atoms with Gasteiger partial charge < -0.3 is 15.4 Å². The number of carbonyl (C=O) groups excluding carboxylic acids is 2. The summed E-state index contributed by atoms with van der Waals surface area (Å²) in [4.78, 5) is 24.1. The van der Waals surface area contributed by atoms with Crippen LogP contribution in [0.4, 0.5) is 5.69 Å². The maximum Gasteiger partial charge on any atom is 0.243 e. The Labute approximate surface area is 171 Å². The fourth-order valence-corrected chi connectivity index (χ4v) is 3.77. The van der Waals surface area contributed by atoms with Gasteiger partial charge >= 0.3 is 0 Å². The number of ether oxygens (including phenoxy) is 1. The highest BCUT2D eigenvalue weighted by atomic mass is 79.9. The molecule has 0 radical (unpaired) electrons. The van der Waals surface area contributed by atoms with Gasteiger partial charge in [0.1, 0.15) is 5.75 Å². The lowest BCUT2D eigenvalue weighted by Gasteiger charge is -2.15. The van der Waals surface area contributed by atoms with E-state index >= 15 is 0 Å². The molecule has 0 aliphatic heterocycles. The number of carbonyl (C=O) groups is 2. The van der Waals surface area contributed by atoms with Gasteiger partial charge in [-0.05, 0) is 59.3 Å². The first kappa shape index (κ1) is 21.9. The van der Waals surface area contributed by atoms with Gasteiger partial charge in [0.15, 0.2) is 0 Å². The number of rotatable bonds is 8. The average Bonchev–Trinajstić information content (AvgIpc) is 2.67. The molecule has 0 heterocycles. The third-order valence-corrected chi connectivity index (χ3v) is 5.91. The van der Waals surface area contributed by atoms with E-state index in [0.717, 1.165) is 0 Å². The van der Waals surface area contributed by atoms with Gasteiger partial charge in [0.05, 0.1) is 30.3 Å². The summed E-state index contributed by atoms with van der Waals surface area (Å²) in [7, 11) is -2.42. The number of halogens is 1. The summed E-state index contributed by atoms with van der Waals surface area (Å²) in [5.74, 6) is -0.550. The first-order valence-corrected chi connectivity index (χ1v) is 10.5. The first-order chi connectivity index (χ1) is 13.2. The van der Waals surface area contributed by atoms with Gasteiger partial charge in [-0.2, -0.15) is 4.72 Å². The molecule has 0 aliphatic rings. The van der Waals surface area contributed by atoms with Gasteiger partial charge in [0.25, 0.3) is 0 Å². The van der Waals surface area contributed by atoms with Crippen LogP contribution >= 0.6 is 15.9 Å². The first-order valence-electron chi connectivity index (χ1n) is 8.21. The minimum atomic E-state index is -3.90. The molecule has 0 aliphatic carbocycles. The van der Waals surface area contributed by atoms with Gasteiger partial charge in [0.2, 0.25) is 21.8 Å². The number of anilines is 1. The van der Waals surface area contributed by atoms with Gasteiger partial charge in [-0.25, -0.2) is 8.42 Å². The molecule has 2 amide bonds. The smallest absolute Gasteiger partial charge is 0.243 e. The van der Waals surface area contributed by atoms with Crippen molar-refractivity contribution in [2.75, 3.05) is 19.0 Å². The quantitative estimate of drug-likeness (QED) is 0.545. The number of hydrogen-bond donors (Lipinski definition) is 3. The zero-order valence-electron chi connectivity index (χ0n) is 15.2. The van der Waals surface area contributed by atoms with Crippen LogP contribution in [0.15, 0.2) is 57.9 Å². The molecule has 0 fully saturated rings. The van der Waals surface area contributed by atoms with E-state index in [-0.39, 0.29) is 11.4 Å². The van der Waals surface area contributed by atoms with E-state index in [1.807, 2.05) is 0 Å². The third-order valence-electron chi connectivity index (χ3n) is 3.67. The van der Waals surface area contributed by atoms with Crippen LogP contribution in [0.2, 0.25) is 0 Å². The Balaban J connectivity index is 1.89. The van der Waals surface area contributed by atoms with Crippen molar-refractivity contribution < 1.29 is 22.7 Å². The molecule has 0 aromatic heterocycles. The Bertz CT molecular complexity index is 948. The predicted octanol–water partition coefficient (Wildman–Crippen LogP) is 1.88. The SMILES string of the molecule is COc1ccc(S(=O)(=O)N[C@@H](C)C(=O)NCC(=O)Nc2ccccc2Br)cc1. The Kier molecular flexibility index (Phi) is 7.55. The standard InChI is InChI=1S/C18H20BrN3O5S/c1-12(22-28(25,26)14-9-7-13(27-2)8-10-14)18(24)20-11-17(23)21-16-6-4-3-5-15(16)19/h3-10,12,22H,11H2,1-2H3,(H,20,24)(H,21,23)/t12-/m0/s1. The van der Waals surface area contributed by atoms with Crippen molar-refractivity contribution in [2.45, 2.75) is 17.9 Å². The lowest BCUT2D eigenvalue weighted by molar-refractivity contribution is -0.125. The number of amides is 2. The van der Waals surface area contributed by atoms with E-state index in [1.165, 1.54) is 38.3 Å². The van der Waals surface area contributed by atoms with Crippen LogP contribution < -0.4 is 20.1 Å². The second-order valence-electron chi connectivity index (χ2n) is 5.76. The van der Waals surface area contributed by atoms with E-state index in [0.29, 0.717) is 15.9 Å². The summed E-state index contributed by atoms with van der Waals surface area (Å²) in [6.07, 6.45) is 0. The van der Waals surface area contributed by atoms with Crippen LogP contribution in [-0.4, -0.2) is 39.9 Å². The second-order valence-corrected chi connectivity index (χ2v) is 8.33. The maximum atomic E-state index is 12.3. The van der Waals surface area contributed by atoms with Crippen LogP contribution in [0.3, 0.4) is 0 Å². The number of para-hydroxylation sites is 1. The molecule has 0 saturated carbocycles. The van der Waals surface area contributed by atoms with Gasteiger partial charge in [-0.1, -0.05) is 12.1 Å². The fourth-order valence-electron chi connectivity index (χ4n) is 2.19. The Hall–Kier alpha value is -2.43. The molecule has 2 rings (SSSR count). The van der Waals surface area contributed by atoms with Crippen molar-refractivity contribution in [3.63, 3.8) is 0 Å². The van der Waals surface area contributed by atoms with E-state index in [2.05, 4.69) is 31.3 Å². The molecular weight excluding hydrogens is 450 g/mol. The number of hydrogen-bond acceptors (Lipinski definition) is 5. The highest BCUT2D eigenvalue weighted by Gasteiger charge is 2.22. The Morgan fingerprint density at radius 2 is 1.75 bits per heavy atom. The van der Waals surface area contributed by atoms with Crippen LogP contribution in [0, 0.1) is 0 Å². The van der Waals surface area contributed by atoms with Crippen LogP contribution in [0.1, 0.15) is 6.92 Å². The molecule has 0 saturated heterocycles. The lowest BCUT2D eigenvalue weighted by Crippen LogP contribution is -2.46. The van der Waals surface area contributed by atoms with E-state index in [4.69, 9.17) is 4.74 Å². The van der Waals surface area contributed by atoms with Crippen molar-refractivity contribution in [3.05, 3.63) is 53.0 Å². The van der Waals surface area contributed by atoms with Crippen LogP contribution in [-0.2, 0) is 19.6 Å². The minimum Gasteiger partial charge on any atom is -0.497 e. The van der Waals surface area contributed by atoms with Gasteiger partial charge in [-0.3, -0.25) is 9.59 Å². The Morgan fingerprint density at radius 3 is 2.36 bits per heavy atom. The summed E-state index contributed by atoms with van der Waals surface area (Å²) in [6.45, 7) is 1.09. The van der Waals surface area contributed by atoms with Gasteiger partial charge in [-0.15, -0.1) is 0 Å². The normalized spacial score (nSPS) is 12.1. The monoisotopic (exact) mass is 469 g/mol.